The van der Waals surface area contributed by atoms with Crippen molar-refractivity contribution in [3.05, 3.63) is 18.0 Å². The molecule has 5 nitrogen and oxygen atoms in total. The van der Waals surface area contributed by atoms with Gasteiger partial charge >= 0.3 is 0 Å². The monoisotopic (exact) mass is 241 g/mol. The maximum Gasteiger partial charge on any atom is 0.171 e. The zero-order chi connectivity index (χ0) is 12.5. The maximum atomic E-state index is 11.0. The number of nitrogens with zero attached hydrogens (tertiary/aromatic N) is 3. The highest BCUT2D eigenvalue weighted by Gasteiger charge is 2.21. The minimum Gasteiger partial charge on any atom is -0.356 e. The fourth-order valence-electron chi connectivity index (χ4n) is 2.27. The van der Waals surface area contributed by atoms with Gasteiger partial charge in [-0.1, -0.05) is 11.5 Å². The Balaban J connectivity index is 2.13. The summed E-state index contributed by atoms with van der Waals surface area (Å²) in [5.41, 5.74) is 1.53. The number of carbonyl (C=O) groups excluding carboxylic acids is 1. The molecule has 1 unspecified atom stereocenters. The van der Waals surface area contributed by atoms with Gasteiger partial charge in [0.15, 0.2) is 18.2 Å². The van der Waals surface area contributed by atoms with Gasteiger partial charge < -0.3 is 4.74 Å². The summed E-state index contributed by atoms with van der Waals surface area (Å²) in [6.07, 6.45) is 5.21. The Bertz CT molecular complexity index is 590. The van der Waals surface area contributed by atoms with E-state index in [0.717, 1.165) is 32.2 Å². The number of hydrogen-bond acceptors (Lipinski definition) is 4. The summed E-state index contributed by atoms with van der Waals surface area (Å²) in [6, 6.07) is 1.72. The third-order valence-corrected chi connectivity index (χ3v) is 3.14. The first-order chi connectivity index (χ1) is 8.79. The normalized spacial score (nSPS) is 20.1. The van der Waals surface area contributed by atoms with Crippen molar-refractivity contribution in [3.8, 4) is 0 Å². The smallest absolute Gasteiger partial charge is 0.171 e. The number of ether oxygens (including phenoxy) is 1. The summed E-state index contributed by atoms with van der Waals surface area (Å²) in [7, 11) is 5.69. The zero-order valence-electron chi connectivity index (χ0n) is 9.87. The fourth-order valence-corrected chi connectivity index (χ4v) is 2.27. The zero-order valence-corrected chi connectivity index (χ0v) is 9.87. The van der Waals surface area contributed by atoms with Crippen LogP contribution in [-0.2, 0) is 4.74 Å². The summed E-state index contributed by atoms with van der Waals surface area (Å²) >= 11 is 0. The number of aromatic nitrogens is 3. The van der Waals surface area contributed by atoms with Crippen molar-refractivity contribution in [2.45, 2.75) is 25.5 Å². The highest BCUT2D eigenvalue weighted by Crippen LogP contribution is 2.26. The van der Waals surface area contributed by atoms with Gasteiger partial charge in [0.1, 0.15) is 13.5 Å². The molecule has 3 rings (SSSR count). The topological polar surface area (TPSA) is 57.0 Å². The lowest BCUT2D eigenvalue weighted by Gasteiger charge is -2.22. The Morgan fingerprint density at radius 1 is 1.50 bits per heavy atom. The van der Waals surface area contributed by atoms with Gasteiger partial charge in [-0.15, -0.1) is 0 Å². The molecule has 3 heterocycles. The van der Waals surface area contributed by atoms with E-state index < -0.39 is 0 Å². The number of pyridine rings is 1. The van der Waals surface area contributed by atoms with E-state index in [0.29, 0.717) is 22.2 Å². The molecule has 1 atom stereocenters. The van der Waals surface area contributed by atoms with Gasteiger partial charge in [0, 0.05) is 18.2 Å². The van der Waals surface area contributed by atoms with E-state index in [1.807, 2.05) is 0 Å². The van der Waals surface area contributed by atoms with E-state index in [1.54, 1.807) is 16.9 Å². The first-order valence-electron chi connectivity index (χ1n) is 6.00. The first-order valence-corrected chi connectivity index (χ1v) is 6.00. The highest BCUT2D eigenvalue weighted by atomic mass is 16.5. The Morgan fingerprint density at radius 3 is 3.11 bits per heavy atom. The summed E-state index contributed by atoms with van der Waals surface area (Å²) in [4.78, 5) is 15.3. The Hall–Kier alpha value is -1.69. The molecule has 1 fully saturated rings. The van der Waals surface area contributed by atoms with Crippen LogP contribution in [0.25, 0.3) is 11.0 Å². The molecule has 1 aliphatic heterocycles. The van der Waals surface area contributed by atoms with Gasteiger partial charge in [-0.25, -0.2) is 9.67 Å². The number of fused-ring (bicyclic) bond motifs is 1. The summed E-state index contributed by atoms with van der Waals surface area (Å²) < 4.78 is 7.37. The lowest BCUT2D eigenvalue weighted by Crippen LogP contribution is -2.19. The molecule has 0 bridgehead atoms. The molecule has 2 radical (unpaired) electrons. The van der Waals surface area contributed by atoms with E-state index in [9.17, 15) is 4.79 Å². The predicted molar refractivity (Wildman–Crippen MR) is 67.1 cm³/mol. The number of carbonyl (C=O) groups is 1. The van der Waals surface area contributed by atoms with Crippen LogP contribution in [0.15, 0.2) is 12.3 Å². The van der Waals surface area contributed by atoms with Gasteiger partial charge in [-0.05, 0) is 19.3 Å². The molecule has 1 aliphatic rings. The van der Waals surface area contributed by atoms with Crippen LogP contribution >= 0.6 is 0 Å². The Kier molecular flexibility index (Phi) is 2.87. The molecule has 0 amide bonds. The van der Waals surface area contributed by atoms with Gasteiger partial charge in [0.05, 0.1) is 0 Å². The molecule has 0 saturated carbocycles. The molecule has 18 heavy (non-hydrogen) atoms. The number of aldehydes is 1. The summed E-state index contributed by atoms with van der Waals surface area (Å²) in [5.74, 6) is 0. The predicted octanol–water partition coefficient (Wildman–Crippen LogP) is 0.737. The molecule has 0 aromatic carbocycles. The Labute approximate surface area is 106 Å². The van der Waals surface area contributed by atoms with E-state index in [2.05, 4.69) is 10.1 Å². The van der Waals surface area contributed by atoms with Crippen molar-refractivity contribution < 1.29 is 9.53 Å². The molecule has 2 aromatic rings. The number of rotatable bonds is 2. The van der Waals surface area contributed by atoms with Crippen molar-refractivity contribution in [2.24, 2.45) is 0 Å². The molecule has 6 heteroatoms. The molecular weight excluding hydrogens is 229 g/mol. The van der Waals surface area contributed by atoms with Crippen LogP contribution in [-0.4, -0.2) is 35.5 Å². The van der Waals surface area contributed by atoms with Gasteiger partial charge in [0.2, 0.25) is 0 Å². The second-order valence-corrected chi connectivity index (χ2v) is 4.41. The molecule has 90 valence electrons. The van der Waals surface area contributed by atoms with Gasteiger partial charge in [-0.2, -0.15) is 5.10 Å². The molecular formula is C12H12BN3O2. The van der Waals surface area contributed by atoms with Crippen molar-refractivity contribution in [2.75, 3.05) is 6.61 Å². The second kappa shape index (κ2) is 4.53. The average Bonchev–Trinajstić information content (AvgIpc) is 2.77. The SMILES string of the molecule is [B]c1cnc2c(c1)c(C=O)nn2C1CCCCO1. The molecule has 0 N–H and O–H groups in total. The van der Waals surface area contributed by atoms with E-state index >= 15 is 0 Å². The highest BCUT2D eigenvalue weighted by molar-refractivity contribution is 6.33. The standard InChI is InChI=1S/C12H12BN3O2/c13-8-5-9-10(7-17)15-16(12(9)14-6-8)11-3-1-2-4-18-11/h5-7,11H,1-4H2. The first kappa shape index (κ1) is 11.4. The van der Waals surface area contributed by atoms with Crippen molar-refractivity contribution in [1.82, 2.24) is 14.8 Å². The quantitative estimate of drug-likeness (QED) is 0.574. The van der Waals surface area contributed by atoms with E-state index in [1.165, 1.54) is 0 Å². The van der Waals surface area contributed by atoms with Crippen molar-refractivity contribution in [3.63, 3.8) is 0 Å². The lowest BCUT2D eigenvalue weighted by molar-refractivity contribution is -0.0370. The fraction of sp³-hybridized carbons (Fsp3) is 0.417. The molecule has 1 saturated heterocycles. The molecule has 0 aliphatic carbocycles. The summed E-state index contributed by atoms with van der Waals surface area (Å²) in [6.45, 7) is 0.720. The van der Waals surface area contributed by atoms with E-state index in [4.69, 9.17) is 12.6 Å². The number of hydrogen-bond donors (Lipinski definition) is 0. The molecule has 2 aromatic heterocycles. The van der Waals surface area contributed by atoms with Crippen molar-refractivity contribution >= 4 is 30.6 Å². The minimum atomic E-state index is -0.133. The minimum absolute atomic E-state index is 0.133. The third kappa shape index (κ3) is 1.82. The van der Waals surface area contributed by atoms with Crippen LogP contribution in [0, 0.1) is 0 Å². The Morgan fingerprint density at radius 2 is 2.39 bits per heavy atom. The van der Waals surface area contributed by atoms with Crippen LogP contribution in [0.3, 0.4) is 0 Å². The van der Waals surface area contributed by atoms with E-state index in [-0.39, 0.29) is 6.23 Å². The van der Waals surface area contributed by atoms with Gasteiger partial charge in [0.25, 0.3) is 0 Å². The van der Waals surface area contributed by atoms with Crippen LogP contribution in [0.2, 0.25) is 0 Å². The van der Waals surface area contributed by atoms with Crippen LogP contribution in [0.5, 0.6) is 0 Å². The molecule has 0 spiro atoms. The van der Waals surface area contributed by atoms with Crippen LogP contribution < -0.4 is 5.46 Å². The average molecular weight is 241 g/mol. The van der Waals surface area contributed by atoms with Gasteiger partial charge in [-0.3, -0.25) is 4.79 Å². The van der Waals surface area contributed by atoms with Crippen LogP contribution in [0.4, 0.5) is 0 Å². The largest absolute Gasteiger partial charge is 0.356 e. The lowest BCUT2D eigenvalue weighted by atomic mass is 9.97. The van der Waals surface area contributed by atoms with Crippen LogP contribution in [0.1, 0.15) is 36.0 Å². The second-order valence-electron chi connectivity index (χ2n) is 4.41. The maximum absolute atomic E-state index is 11.0. The third-order valence-electron chi connectivity index (χ3n) is 3.14. The summed E-state index contributed by atoms with van der Waals surface area (Å²) in [5, 5.41) is 4.96. The van der Waals surface area contributed by atoms with Crippen molar-refractivity contribution in [1.29, 1.82) is 0 Å².